The summed E-state index contributed by atoms with van der Waals surface area (Å²) in [6.07, 6.45) is 0. The van der Waals surface area contributed by atoms with Gasteiger partial charge in [-0.15, -0.1) is 0 Å². The largest absolute Gasteiger partial charge is 0.481 e. The normalized spacial score (nSPS) is 9.94. The van der Waals surface area contributed by atoms with Crippen LogP contribution in [0.1, 0.15) is 11.1 Å². The van der Waals surface area contributed by atoms with Crippen LogP contribution in [0.25, 0.3) is 0 Å². The highest BCUT2D eigenvalue weighted by atomic mass is 16.6. The molecule has 0 saturated heterocycles. The summed E-state index contributed by atoms with van der Waals surface area (Å²) in [6.45, 7) is 1.14. The number of para-hydroxylation sites is 1. The van der Waals surface area contributed by atoms with E-state index in [0.717, 1.165) is 5.56 Å². The van der Waals surface area contributed by atoms with Crippen molar-refractivity contribution < 1.29 is 23.8 Å². The third kappa shape index (κ3) is 6.61. The molecule has 0 spiro atoms. The molecule has 0 radical (unpaired) electrons. The van der Waals surface area contributed by atoms with E-state index in [2.05, 4.69) is 5.32 Å². The Bertz CT molecular complexity index is 1090. The van der Waals surface area contributed by atoms with Gasteiger partial charge in [0.1, 0.15) is 23.3 Å². The summed E-state index contributed by atoms with van der Waals surface area (Å²) < 4.78 is 15.9. The number of nitriles is 1. The number of rotatable bonds is 8. The lowest BCUT2D eigenvalue weighted by molar-refractivity contribution is -0.149. The summed E-state index contributed by atoms with van der Waals surface area (Å²) in [5.74, 6) is 0.416. The number of hydrogen-bond acceptors (Lipinski definition) is 6. The first-order valence-corrected chi connectivity index (χ1v) is 9.45. The van der Waals surface area contributed by atoms with Gasteiger partial charge in [0.25, 0.3) is 5.91 Å². The Morgan fingerprint density at radius 2 is 1.55 bits per heavy atom. The summed E-state index contributed by atoms with van der Waals surface area (Å²) in [6, 6.07) is 23.0. The van der Waals surface area contributed by atoms with Gasteiger partial charge in [-0.2, -0.15) is 5.26 Å². The number of ether oxygens (including phenoxy) is 3. The molecule has 7 nitrogen and oxygen atoms in total. The molecule has 0 saturated carbocycles. The smallest absolute Gasteiger partial charge is 0.344 e. The molecule has 0 fully saturated rings. The van der Waals surface area contributed by atoms with Crippen molar-refractivity contribution in [2.24, 2.45) is 0 Å². The van der Waals surface area contributed by atoms with Crippen LogP contribution in [-0.2, 0) is 14.3 Å². The van der Waals surface area contributed by atoms with E-state index in [0.29, 0.717) is 22.7 Å². The first-order chi connectivity index (χ1) is 15.0. The van der Waals surface area contributed by atoms with Gasteiger partial charge in [-0.1, -0.05) is 29.8 Å². The molecule has 0 aromatic heterocycles. The fraction of sp³-hybridized carbons (Fsp3) is 0.125. The van der Waals surface area contributed by atoms with E-state index in [-0.39, 0.29) is 5.75 Å². The Morgan fingerprint density at radius 1 is 0.903 bits per heavy atom. The highest BCUT2D eigenvalue weighted by Gasteiger charge is 2.10. The van der Waals surface area contributed by atoms with Gasteiger partial charge in [0.2, 0.25) is 0 Å². The summed E-state index contributed by atoms with van der Waals surface area (Å²) in [5, 5.41) is 11.6. The van der Waals surface area contributed by atoms with E-state index in [1.54, 1.807) is 48.5 Å². The standard InChI is InChI=1S/C24H20N2O5/c1-17-6-10-20(11-7-17)31-21-12-8-19(9-13-21)26-23(27)15-30-24(28)16-29-22-5-3-2-4-18(22)14-25/h2-13H,15-16H2,1H3,(H,26,27). The maximum absolute atomic E-state index is 12.0. The van der Waals surface area contributed by atoms with Crippen LogP contribution < -0.4 is 14.8 Å². The van der Waals surface area contributed by atoms with Crippen molar-refractivity contribution in [3.05, 3.63) is 83.9 Å². The SMILES string of the molecule is Cc1ccc(Oc2ccc(NC(=O)COC(=O)COc3ccccc3C#N)cc2)cc1. The van der Waals surface area contributed by atoms with Gasteiger partial charge in [0, 0.05) is 5.69 Å². The maximum atomic E-state index is 12.0. The zero-order valence-corrected chi connectivity index (χ0v) is 16.8. The Morgan fingerprint density at radius 3 is 2.23 bits per heavy atom. The van der Waals surface area contributed by atoms with E-state index in [1.807, 2.05) is 37.3 Å². The number of nitrogens with one attached hydrogen (secondary N) is 1. The fourth-order valence-corrected chi connectivity index (χ4v) is 2.56. The van der Waals surface area contributed by atoms with Gasteiger partial charge in [-0.05, 0) is 55.5 Å². The zero-order valence-electron chi connectivity index (χ0n) is 16.8. The van der Waals surface area contributed by atoms with E-state index in [9.17, 15) is 9.59 Å². The average molecular weight is 416 g/mol. The predicted molar refractivity (Wildman–Crippen MR) is 114 cm³/mol. The van der Waals surface area contributed by atoms with Gasteiger partial charge < -0.3 is 19.5 Å². The number of anilines is 1. The van der Waals surface area contributed by atoms with Crippen molar-refractivity contribution in [2.45, 2.75) is 6.92 Å². The molecular formula is C24H20N2O5. The number of esters is 1. The highest BCUT2D eigenvalue weighted by molar-refractivity contribution is 5.92. The molecule has 1 amide bonds. The minimum atomic E-state index is -0.718. The van der Waals surface area contributed by atoms with E-state index in [4.69, 9.17) is 19.5 Å². The molecule has 31 heavy (non-hydrogen) atoms. The van der Waals surface area contributed by atoms with Crippen molar-refractivity contribution in [1.29, 1.82) is 5.26 Å². The first-order valence-electron chi connectivity index (χ1n) is 9.45. The minimum absolute atomic E-state index is 0.277. The second-order valence-corrected chi connectivity index (χ2v) is 6.54. The zero-order chi connectivity index (χ0) is 22.1. The molecular weight excluding hydrogens is 396 g/mol. The minimum Gasteiger partial charge on any atom is -0.481 e. The van der Waals surface area contributed by atoms with Crippen LogP contribution in [0.3, 0.4) is 0 Å². The molecule has 0 aliphatic heterocycles. The summed E-state index contributed by atoms with van der Waals surface area (Å²) >= 11 is 0. The predicted octanol–water partition coefficient (Wildman–Crippen LogP) is 4.22. The summed E-state index contributed by atoms with van der Waals surface area (Å²) in [7, 11) is 0. The highest BCUT2D eigenvalue weighted by Crippen LogP contribution is 2.23. The number of amides is 1. The molecule has 156 valence electrons. The van der Waals surface area contributed by atoms with Crippen LogP contribution in [0.2, 0.25) is 0 Å². The van der Waals surface area contributed by atoms with Gasteiger partial charge in [-0.3, -0.25) is 4.79 Å². The second kappa shape index (κ2) is 10.5. The molecule has 0 bridgehead atoms. The van der Waals surface area contributed by atoms with Crippen LogP contribution in [0.15, 0.2) is 72.8 Å². The summed E-state index contributed by atoms with van der Waals surface area (Å²) in [5.41, 5.74) is 1.99. The second-order valence-electron chi connectivity index (χ2n) is 6.54. The van der Waals surface area contributed by atoms with E-state index in [1.165, 1.54) is 0 Å². The third-order valence-electron chi connectivity index (χ3n) is 4.11. The maximum Gasteiger partial charge on any atom is 0.344 e. The fourth-order valence-electron chi connectivity index (χ4n) is 2.56. The lowest BCUT2D eigenvalue weighted by Crippen LogP contribution is -2.23. The molecule has 7 heteroatoms. The summed E-state index contributed by atoms with van der Waals surface area (Å²) in [4.78, 5) is 23.8. The van der Waals surface area contributed by atoms with Crippen LogP contribution in [0, 0.1) is 18.3 Å². The van der Waals surface area contributed by atoms with Gasteiger partial charge in [0.05, 0.1) is 5.56 Å². The van der Waals surface area contributed by atoms with Crippen molar-refractivity contribution >= 4 is 17.6 Å². The molecule has 0 aliphatic rings. The Labute approximate surface area is 179 Å². The van der Waals surface area contributed by atoms with Crippen LogP contribution in [-0.4, -0.2) is 25.1 Å². The van der Waals surface area contributed by atoms with Crippen LogP contribution in [0.4, 0.5) is 5.69 Å². The topological polar surface area (TPSA) is 97.7 Å². The Balaban J connectivity index is 1.42. The first kappa shape index (κ1) is 21.4. The number of carbonyl (C=O) groups excluding carboxylic acids is 2. The molecule has 3 aromatic rings. The molecule has 0 aliphatic carbocycles. The quantitative estimate of drug-likeness (QED) is 0.552. The van der Waals surface area contributed by atoms with Gasteiger partial charge in [-0.25, -0.2) is 4.79 Å². The van der Waals surface area contributed by atoms with Gasteiger partial charge in [0.15, 0.2) is 13.2 Å². The van der Waals surface area contributed by atoms with E-state index < -0.39 is 25.1 Å². The monoisotopic (exact) mass is 416 g/mol. The molecule has 0 atom stereocenters. The third-order valence-corrected chi connectivity index (χ3v) is 4.11. The molecule has 3 rings (SSSR count). The number of aryl methyl sites for hydroxylation is 1. The van der Waals surface area contributed by atoms with Crippen LogP contribution >= 0.6 is 0 Å². The van der Waals surface area contributed by atoms with Crippen molar-refractivity contribution in [2.75, 3.05) is 18.5 Å². The van der Waals surface area contributed by atoms with Crippen LogP contribution in [0.5, 0.6) is 17.2 Å². The number of hydrogen-bond donors (Lipinski definition) is 1. The molecule has 3 aromatic carbocycles. The molecule has 1 N–H and O–H groups in total. The van der Waals surface area contributed by atoms with E-state index >= 15 is 0 Å². The number of nitrogens with zero attached hydrogens (tertiary/aromatic N) is 1. The van der Waals surface area contributed by atoms with Crippen molar-refractivity contribution in [3.8, 4) is 23.3 Å². The Kier molecular flexibility index (Phi) is 7.22. The Hall–Kier alpha value is -4.31. The lowest BCUT2D eigenvalue weighted by Gasteiger charge is -2.09. The number of benzene rings is 3. The van der Waals surface area contributed by atoms with Crippen molar-refractivity contribution in [3.63, 3.8) is 0 Å². The number of carbonyl (C=O) groups is 2. The van der Waals surface area contributed by atoms with Crippen molar-refractivity contribution in [1.82, 2.24) is 0 Å². The molecule has 0 unspecified atom stereocenters. The van der Waals surface area contributed by atoms with Gasteiger partial charge >= 0.3 is 5.97 Å². The molecule has 0 heterocycles. The average Bonchev–Trinajstić information content (AvgIpc) is 2.79. The lowest BCUT2D eigenvalue weighted by atomic mass is 10.2.